The van der Waals surface area contributed by atoms with Crippen LogP contribution >= 0.6 is 0 Å². The molecule has 0 bridgehead atoms. The number of aliphatic hydroxyl groups is 1. The molecule has 1 saturated heterocycles. The summed E-state index contributed by atoms with van der Waals surface area (Å²) < 4.78 is 1.85. The number of rotatable bonds is 3. The molecule has 1 N–H and O–H groups in total. The van der Waals surface area contributed by atoms with Gasteiger partial charge in [0.05, 0.1) is 17.8 Å². The van der Waals surface area contributed by atoms with Gasteiger partial charge in [-0.2, -0.15) is 0 Å². The highest BCUT2D eigenvalue weighted by molar-refractivity contribution is 5.96. The number of carbonyl (C=O) groups is 1. The number of Topliss-reactive ketones (excluding diaryl/α,β-unsaturated/α-hetero) is 1. The van der Waals surface area contributed by atoms with Crippen LogP contribution in [0.5, 0.6) is 0 Å². The van der Waals surface area contributed by atoms with Gasteiger partial charge in [-0.25, -0.2) is 0 Å². The average molecular weight is 236 g/mol. The van der Waals surface area contributed by atoms with Crippen LogP contribution in [0.25, 0.3) is 0 Å². The Balaban J connectivity index is 1.91. The SMILES string of the molecule is Cn1cccc1C(=O)CN1CCC(C)(O)CC1. The monoisotopic (exact) mass is 236 g/mol. The minimum absolute atomic E-state index is 0.152. The first-order valence-electron chi connectivity index (χ1n) is 6.07. The third kappa shape index (κ3) is 2.96. The van der Waals surface area contributed by atoms with E-state index < -0.39 is 5.60 Å². The Hall–Kier alpha value is -1.13. The van der Waals surface area contributed by atoms with Gasteiger partial charge < -0.3 is 9.67 Å². The second-order valence-corrected chi connectivity index (χ2v) is 5.20. The fraction of sp³-hybridized carbons (Fsp3) is 0.615. The summed E-state index contributed by atoms with van der Waals surface area (Å²) in [7, 11) is 1.88. The summed E-state index contributed by atoms with van der Waals surface area (Å²) in [6.45, 7) is 3.91. The molecule has 17 heavy (non-hydrogen) atoms. The first kappa shape index (κ1) is 12.3. The molecule has 2 heterocycles. The minimum atomic E-state index is -0.551. The fourth-order valence-corrected chi connectivity index (χ4v) is 2.23. The number of nitrogens with zero attached hydrogens (tertiary/aromatic N) is 2. The number of aromatic nitrogens is 1. The lowest BCUT2D eigenvalue weighted by molar-refractivity contribution is -0.00425. The van der Waals surface area contributed by atoms with Crippen molar-refractivity contribution in [3.05, 3.63) is 24.0 Å². The van der Waals surface area contributed by atoms with Gasteiger partial charge in [0.25, 0.3) is 0 Å². The van der Waals surface area contributed by atoms with Crippen molar-refractivity contribution in [1.29, 1.82) is 0 Å². The highest BCUT2D eigenvalue weighted by Crippen LogP contribution is 2.21. The number of likely N-dealkylation sites (tertiary alicyclic amines) is 1. The van der Waals surface area contributed by atoms with E-state index in [4.69, 9.17) is 0 Å². The second-order valence-electron chi connectivity index (χ2n) is 5.20. The smallest absolute Gasteiger partial charge is 0.193 e. The van der Waals surface area contributed by atoms with Crippen LogP contribution in [-0.2, 0) is 7.05 Å². The lowest BCUT2D eigenvalue weighted by atomic mass is 9.94. The molecule has 0 atom stereocenters. The number of hydrogen-bond acceptors (Lipinski definition) is 3. The highest BCUT2D eigenvalue weighted by Gasteiger charge is 2.28. The van der Waals surface area contributed by atoms with Gasteiger partial charge in [0.15, 0.2) is 5.78 Å². The first-order chi connectivity index (χ1) is 7.98. The Morgan fingerprint density at radius 3 is 2.65 bits per heavy atom. The molecule has 0 amide bonds. The highest BCUT2D eigenvalue weighted by atomic mass is 16.3. The van der Waals surface area contributed by atoms with Crippen molar-refractivity contribution >= 4 is 5.78 Å². The molecule has 0 unspecified atom stereocenters. The summed E-state index contributed by atoms with van der Waals surface area (Å²) in [5, 5.41) is 9.84. The number of piperidine rings is 1. The van der Waals surface area contributed by atoms with E-state index in [1.54, 1.807) is 0 Å². The van der Waals surface area contributed by atoms with Gasteiger partial charge in [0.1, 0.15) is 0 Å². The maximum Gasteiger partial charge on any atom is 0.193 e. The van der Waals surface area contributed by atoms with Crippen LogP contribution < -0.4 is 0 Å². The molecular formula is C13H20N2O2. The van der Waals surface area contributed by atoms with E-state index in [0.29, 0.717) is 6.54 Å². The molecule has 1 aliphatic rings. The number of aryl methyl sites for hydroxylation is 1. The molecule has 1 fully saturated rings. The lowest BCUT2D eigenvalue weighted by Crippen LogP contribution is -2.44. The molecule has 0 aromatic carbocycles. The topological polar surface area (TPSA) is 45.5 Å². The van der Waals surface area contributed by atoms with Gasteiger partial charge in [-0.1, -0.05) is 0 Å². The molecule has 0 aliphatic carbocycles. The minimum Gasteiger partial charge on any atom is -0.390 e. The maximum atomic E-state index is 12.0. The maximum absolute atomic E-state index is 12.0. The van der Waals surface area contributed by atoms with Crippen molar-refractivity contribution in [3.63, 3.8) is 0 Å². The van der Waals surface area contributed by atoms with E-state index in [1.165, 1.54) is 0 Å². The van der Waals surface area contributed by atoms with Crippen LogP contribution in [-0.4, -0.2) is 45.6 Å². The zero-order chi connectivity index (χ0) is 12.5. The molecule has 1 aromatic rings. The van der Waals surface area contributed by atoms with Crippen LogP contribution in [0.4, 0.5) is 0 Å². The van der Waals surface area contributed by atoms with E-state index in [2.05, 4.69) is 4.90 Å². The summed E-state index contributed by atoms with van der Waals surface area (Å²) >= 11 is 0. The van der Waals surface area contributed by atoms with Crippen LogP contribution in [0.3, 0.4) is 0 Å². The van der Waals surface area contributed by atoms with Crippen molar-refractivity contribution < 1.29 is 9.90 Å². The van der Waals surface area contributed by atoms with Gasteiger partial charge in [0, 0.05) is 26.3 Å². The van der Waals surface area contributed by atoms with E-state index >= 15 is 0 Å². The Labute approximate surface area is 102 Å². The summed E-state index contributed by atoms with van der Waals surface area (Å²) in [6.07, 6.45) is 3.37. The number of carbonyl (C=O) groups excluding carboxylic acids is 1. The van der Waals surface area contributed by atoms with E-state index in [0.717, 1.165) is 31.6 Å². The van der Waals surface area contributed by atoms with Crippen LogP contribution in [0.15, 0.2) is 18.3 Å². The van der Waals surface area contributed by atoms with Crippen molar-refractivity contribution in [2.45, 2.75) is 25.4 Å². The quantitative estimate of drug-likeness (QED) is 0.798. The normalized spacial score (nSPS) is 20.4. The van der Waals surface area contributed by atoms with E-state index in [9.17, 15) is 9.90 Å². The molecule has 4 nitrogen and oxygen atoms in total. The van der Waals surface area contributed by atoms with Crippen LogP contribution in [0.2, 0.25) is 0 Å². The fourth-order valence-electron chi connectivity index (χ4n) is 2.23. The van der Waals surface area contributed by atoms with Crippen LogP contribution in [0, 0.1) is 0 Å². The Morgan fingerprint density at radius 1 is 1.47 bits per heavy atom. The third-order valence-electron chi connectivity index (χ3n) is 3.53. The molecular weight excluding hydrogens is 216 g/mol. The summed E-state index contributed by atoms with van der Waals surface area (Å²) in [4.78, 5) is 14.1. The molecule has 0 saturated carbocycles. The predicted octanol–water partition coefficient (Wildman–Crippen LogP) is 1.05. The number of hydrogen-bond donors (Lipinski definition) is 1. The van der Waals surface area contributed by atoms with Crippen molar-refractivity contribution in [2.75, 3.05) is 19.6 Å². The van der Waals surface area contributed by atoms with Gasteiger partial charge in [-0.05, 0) is 31.9 Å². The first-order valence-corrected chi connectivity index (χ1v) is 6.07. The molecule has 0 radical (unpaired) electrons. The van der Waals surface area contributed by atoms with Crippen molar-refractivity contribution in [3.8, 4) is 0 Å². The zero-order valence-electron chi connectivity index (χ0n) is 10.5. The summed E-state index contributed by atoms with van der Waals surface area (Å²) in [6, 6.07) is 3.73. The van der Waals surface area contributed by atoms with Crippen LogP contribution in [0.1, 0.15) is 30.3 Å². The second kappa shape index (κ2) is 4.63. The molecule has 1 aliphatic heterocycles. The van der Waals surface area contributed by atoms with Gasteiger partial charge in [-0.3, -0.25) is 9.69 Å². The van der Waals surface area contributed by atoms with E-state index in [-0.39, 0.29) is 5.78 Å². The third-order valence-corrected chi connectivity index (χ3v) is 3.53. The van der Waals surface area contributed by atoms with Gasteiger partial charge in [0.2, 0.25) is 0 Å². The lowest BCUT2D eigenvalue weighted by Gasteiger charge is -2.35. The summed E-state index contributed by atoms with van der Waals surface area (Å²) in [5.41, 5.74) is 0.201. The number of ketones is 1. The Kier molecular flexibility index (Phi) is 3.35. The average Bonchev–Trinajstić information content (AvgIpc) is 2.68. The molecule has 94 valence electrons. The molecule has 4 heteroatoms. The summed E-state index contributed by atoms with van der Waals surface area (Å²) in [5.74, 6) is 0.152. The Bertz CT molecular complexity index is 399. The Morgan fingerprint density at radius 2 is 2.12 bits per heavy atom. The van der Waals surface area contributed by atoms with Gasteiger partial charge in [-0.15, -0.1) is 0 Å². The van der Waals surface area contributed by atoms with Crippen molar-refractivity contribution in [1.82, 2.24) is 9.47 Å². The zero-order valence-corrected chi connectivity index (χ0v) is 10.5. The molecule has 0 spiro atoms. The van der Waals surface area contributed by atoms with E-state index in [1.807, 2.05) is 36.9 Å². The standard InChI is InChI=1S/C13H20N2O2/c1-13(17)5-8-15(9-6-13)10-12(16)11-4-3-7-14(11)2/h3-4,7,17H,5-6,8-10H2,1-2H3. The van der Waals surface area contributed by atoms with Crippen molar-refractivity contribution in [2.24, 2.45) is 7.05 Å². The van der Waals surface area contributed by atoms with Gasteiger partial charge >= 0.3 is 0 Å². The molecule has 1 aromatic heterocycles. The largest absolute Gasteiger partial charge is 0.390 e. The molecule has 2 rings (SSSR count). The predicted molar refractivity (Wildman–Crippen MR) is 66.0 cm³/mol.